The lowest BCUT2D eigenvalue weighted by Crippen LogP contribution is -2.08. The molecule has 1 fully saturated rings. The van der Waals surface area contributed by atoms with Crippen molar-refractivity contribution >= 4 is 17.5 Å². The van der Waals surface area contributed by atoms with Gasteiger partial charge >= 0.3 is 5.97 Å². The monoisotopic (exact) mass is 280 g/mol. The predicted octanol–water partition coefficient (Wildman–Crippen LogP) is 2.82. The number of esters is 1. The van der Waals surface area contributed by atoms with Crippen molar-refractivity contribution in [3.05, 3.63) is 77.4 Å². The van der Waals surface area contributed by atoms with Crippen molar-refractivity contribution in [2.45, 2.75) is 6.10 Å². The molecular formula is C17H12O4. The van der Waals surface area contributed by atoms with E-state index in [1.54, 1.807) is 54.6 Å². The quantitative estimate of drug-likeness (QED) is 0.397. The molecule has 0 aromatic heterocycles. The van der Waals surface area contributed by atoms with Crippen LogP contribution in [0.4, 0.5) is 0 Å². The average Bonchev–Trinajstić information content (AvgIpc) is 2.84. The molecule has 1 atom stereocenters. The fraction of sp³-hybridized carbons (Fsp3) is 0.0588. The molecule has 3 rings (SSSR count). The van der Waals surface area contributed by atoms with E-state index in [9.17, 15) is 14.7 Å². The Bertz CT molecular complexity index is 717. The highest BCUT2D eigenvalue weighted by molar-refractivity contribution is 6.44. The minimum Gasteiger partial charge on any atom is -0.507 e. The van der Waals surface area contributed by atoms with Crippen molar-refractivity contribution in [1.82, 2.24) is 0 Å². The highest BCUT2D eigenvalue weighted by Gasteiger charge is 2.42. The molecule has 104 valence electrons. The number of benzene rings is 2. The molecule has 1 aliphatic heterocycles. The van der Waals surface area contributed by atoms with Crippen molar-refractivity contribution in [2.75, 3.05) is 0 Å². The fourth-order valence-corrected chi connectivity index (χ4v) is 2.29. The van der Waals surface area contributed by atoms with Crippen LogP contribution in [0.5, 0.6) is 0 Å². The molecule has 4 heteroatoms. The first-order valence-corrected chi connectivity index (χ1v) is 6.47. The van der Waals surface area contributed by atoms with E-state index >= 15 is 0 Å². The summed E-state index contributed by atoms with van der Waals surface area (Å²) < 4.78 is 5.11. The summed E-state index contributed by atoms with van der Waals surface area (Å²) >= 11 is 0. The minimum atomic E-state index is -0.943. The molecule has 0 amide bonds. The molecule has 21 heavy (non-hydrogen) atoms. The van der Waals surface area contributed by atoms with Gasteiger partial charge in [0, 0.05) is 5.56 Å². The molecule has 2 aromatic rings. The normalized spacial score (nSPS) is 20.3. The highest BCUT2D eigenvalue weighted by Crippen LogP contribution is 2.36. The summed E-state index contributed by atoms with van der Waals surface area (Å²) in [5.41, 5.74) is 1.10. The van der Waals surface area contributed by atoms with E-state index in [1.165, 1.54) is 0 Å². The zero-order chi connectivity index (χ0) is 14.8. The Morgan fingerprint density at radius 3 is 2.10 bits per heavy atom. The topological polar surface area (TPSA) is 63.6 Å². The first kappa shape index (κ1) is 13.1. The third-order valence-electron chi connectivity index (χ3n) is 3.32. The Kier molecular flexibility index (Phi) is 3.28. The first-order chi connectivity index (χ1) is 10.2. The average molecular weight is 280 g/mol. The van der Waals surface area contributed by atoms with E-state index < -0.39 is 17.9 Å². The number of ether oxygens (including phenoxy) is 1. The maximum absolute atomic E-state index is 12.0. The number of aliphatic hydroxyl groups is 1. The van der Waals surface area contributed by atoms with E-state index in [1.807, 2.05) is 6.07 Å². The number of ketones is 1. The van der Waals surface area contributed by atoms with Gasteiger partial charge in [-0.2, -0.15) is 0 Å². The molecule has 0 spiro atoms. The van der Waals surface area contributed by atoms with Crippen LogP contribution in [0.2, 0.25) is 0 Å². The number of hydrogen-bond donors (Lipinski definition) is 1. The Hall–Kier alpha value is -2.88. The second-order valence-corrected chi connectivity index (χ2v) is 4.65. The molecule has 0 bridgehead atoms. The lowest BCUT2D eigenvalue weighted by atomic mass is 9.97. The Morgan fingerprint density at radius 1 is 0.905 bits per heavy atom. The van der Waals surface area contributed by atoms with Gasteiger partial charge in [0.05, 0.1) is 5.57 Å². The summed E-state index contributed by atoms with van der Waals surface area (Å²) in [4.78, 5) is 23.6. The zero-order valence-corrected chi connectivity index (χ0v) is 11.0. The van der Waals surface area contributed by atoms with Crippen molar-refractivity contribution in [1.29, 1.82) is 0 Å². The number of cyclic esters (lactones) is 1. The van der Waals surface area contributed by atoms with Crippen molar-refractivity contribution in [3.8, 4) is 0 Å². The van der Waals surface area contributed by atoms with Crippen LogP contribution in [-0.4, -0.2) is 16.9 Å². The number of hydrogen-bond acceptors (Lipinski definition) is 4. The number of rotatable bonds is 2. The minimum absolute atomic E-state index is 0.0163. The van der Waals surface area contributed by atoms with E-state index in [4.69, 9.17) is 4.74 Å². The molecule has 2 aromatic carbocycles. The zero-order valence-electron chi connectivity index (χ0n) is 11.0. The van der Waals surface area contributed by atoms with Gasteiger partial charge in [-0.3, -0.25) is 4.79 Å². The standard InChI is InChI=1S/C17H12O4/c18-14(11-7-3-1-4-8-11)13-15(19)17(20)21-16(13)12-9-5-2-6-10-12/h1-10,16,18H/b14-13+/t16-/m0/s1. The van der Waals surface area contributed by atoms with Crippen LogP contribution in [0.25, 0.3) is 5.76 Å². The molecule has 1 N–H and O–H groups in total. The second-order valence-electron chi connectivity index (χ2n) is 4.65. The summed E-state index contributed by atoms with van der Waals surface area (Å²) in [5, 5.41) is 10.4. The Morgan fingerprint density at radius 2 is 1.48 bits per heavy atom. The number of Topliss-reactive ketones (excluding diaryl/α,β-unsaturated/α-hetero) is 1. The van der Waals surface area contributed by atoms with E-state index in [2.05, 4.69) is 0 Å². The number of carbonyl (C=O) groups is 2. The molecule has 1 heterocycles. The lowest BCUT2D eigenvalue weighted by Gasteiger charge is -2.12. The van der Waals surface area contributed by atoms with Crippen molar-refractivity contribution < 1.29 is 19.4 Å². The highest BCUT2D eigenvalue weighted by atomic mass is 16.6. The van der Waals surface area contributed by atoms with Crippen LogP contribution in [0.3, 0.4) is 0 Å². The van der Waals surface area contributed by atoms with Gasteiger partial charge in [0.25, 0.3) is 5.78 Å². The van der Waals surface area contributed by atoms with E-state index in [0.29, 0.717) is 11.1 Å². The number of carbonyl (C=O) groups excluding carboxylic acids is 2. The van der Waals surface area contributed by atoms with E-state index in [-0.39, 0.29) is 11.3 Å². The summed E-state index contributed by atoms with van der Waals surface area (Å²) in [7, 11) is 0. The first-order valence-electron chi connectivity index (χ1n) is 6.47. The summed E-state index contributed by atoms with van der Waals surface area (Å²) in [6.45, 7) is 0. The van der Waals surface area contributed by atoms with Crippen LogP contribution >= 0.6 is 0 Å². The Balaban J connectivity index is 2.13. The summed E-state index contributed by atoms with van der Waals surface area (Å²) in [6, 6.07) is 17.5. The molecule has 0 aliphatic carbocycles. The molecular weight excluding hydrogens is 268 g/mol. The van der Waals surface area contributed by atoms with Crippen LogP contribution in [0.1, 0.15) is 17.2 Å². The van der Waals surface area contributed by atoms with E-state index in [0.717, 1.165) is 0 Å². The van der Waals surface area contributed by atoms with Crippen LogP contribution < -0.4 is 0 Å². The third kappa shape index (κ3) is 2.31. The maximum Gasteiger partial charge on any atom is 0.380 e. The summed E-state index contributed by atoms with van der Waals surface area (Å²) in [5.74, 6) is -1.97. The largest absolute Gasteiger partial charge is 0.507 e. The van der Waals surface area contributed by atoms with Crippen LogP contribution in [-0.2, 0) is 14.3 Å². The molecule has 0 unspecified atom stereocenters. The second kappa shape index (κ2) is 5.25. The van der Waals surface area contributed by atoms with Gasteiger partial charge in [0.1, 0.15) is 5.76 Å². The van der Waals surface area contributed by atoms with Crippen LogP contribution in [0, 0.1) is 0 Å². The van der Waals surface area contributed by atoms with Gasteiger partial charge in [0.15, 0.2) is 6.10 Å². The predicted molar refractivity (Wildman–Crippen MR) is 76.3 cm³/mol. The molecule has 4 nitrogen and oxygen atoms in total. The third-order valence-corrected chi connectivity index (χ3v) is 3.32. The lowest BCUT2D eigenvalue weighted by molar-refractivity contribution is -0.149. The Labute approximate surface area is 121 Å². The summed E-state index contributed by atoms with van der Waals surface area (Å²) in [6.07, 6.45) is -0.869. The smallest absolute Gasteiger partial charge is 0.380 e. The van der Waals surface area contributed by atoms with Gasteiger partial charge < -0.3 is 9.84 Å². The van der Waals surface area contributed by atoms with Crippen molar-refractivity contribution in [3.63, 3.8) is 0 Å². The SMILES string of the molecule is O=C1O[C@@H](c2ccccc2)/C(=C(/O)c2ccccc2)C1=O. The van der Waals surface area contributed by atoms with Crippen molar-refractivity contribution in [2.24, 2.45) is 0 Å². The van der Waals surface area contributed by atoms with Gasteiger partial charge in [0.2, 0.25) is 0 Å². The van der Waals surface area contributed by atoms with Gasteiger partial charge in [-0.15, -0.1) is 0 Å². The van der Waals surface area contributed by atoms with Gasteiger partial charge in [-0.05, 0) is 5.56 Å². The molecule has 1 saturated heterocycles. The maximum atomic E-state index is 12.0. The molecule has 0 saturated carbocycles. The number of aliphatic hydroxyl groups excluding tert-OH is 1. The van der Waals surface area contributed by atoms with Gasteiger partial charge in [-0.1, -0.05) is 60.7 Å². The van der Waals surface area contributed by atoms with Gasteiger partial charge in [-0.25, -0.2) is 4.79 Å². The molecule has 0 radical (unpaired) electrons. The molecule has 1 aliphatic rings. The fourth-order valence-electron chi connectivity index (χ4n) is 2.29. The van der Waals surface area contributed by atoms with Crippen LogP contribution in [0.15, 0.2) is 66.2 Å².